The second-order valence-corrected chi connectivity index (χ2v) is 3.20. The van der Waals surface area contributed by atoms with Crippen LogP contribution in [0.2, 0.25) is 0 Å². The quantitative estimate of drug-likeness (QED) is 0.567. The predicted octanol–water partition coefficient (Wildman–Crippen LogP) is -1.21. The number of H-pyrrole nitrogens is 1. The third kappa shape index (κ3) is 3.01. The number of amides is 1. The molecule has 90 valence electrons. The van der Waals surface area contributed by atoms with Gasteiger partial charge in [-0.05, 0) is 0 Å². The van der Waals surface area contributed by atoms with Crippen LogP contribution in [0.25, 0.3) is 0 Å². The van der Waals surface area contributed by atoms with E-state index in [2.05, 4.69) is 15.2 Å². The Morgan fingerprint density at radius 2 is 2.00 bits per heavy atom. The number of aliphatic hydroxyl groups excluding tert-OH is 2. The first-order valence-electron chi connectivity index (χ1n) is 5.15. The summed E-state index contributed by atoms with van der Waals surface area (Å²) in [5, 5.41) is 24.0. The summed E-state index contributed by atoms with van der Waals surface area (Å²) in [5.74, 6) is 0.314. The minimum Gasteiger partial charge on any atom is -0.395 e. The first-order valence-corrected chi connectivity index (χ1v) is 5.15. The second-order valence-electron chi connectivity index (χ2n) is 3.20. The highest BCUT2D eigenvalue weighted by Crippen LogP contribution is 2.00. The molecule has 0 unspecified atom stereocenters. The van der Waals surface area contributed by atoms with E-state index in [4.69, 9.17) is 10.2 Å². The molecule has 0 fully saturated rings. The fraction of sp³-hybridized carbons (Fsp3) is 0.667. The zero-order valence-electron chi connectivity index (χ0n) is 9.18. The largest absolute Gasteiger partial charge is 0.395 e. The number of carbonyl (C=O) groups is 1. The Bertz CT molecular complexity index is 333. The molecule has 7 nitrogen and oxygen atoms in total. The molecule has 0 aromatic carbocycles. The zero-order valence-corrected chi connectivity index (χ0v) is 9.18. The minimum atomic E-state index is -0.390. The highest BCUT2D eigenvalue weighted by Gasteiger charge is 2.19. The average Bonchev–Trinajstić information content (AvgIpc) is 2.76. The van der Waals surface area contributed by atoms with Gasteiger partial charge in [0.1, 0.15) is 5.82 Å². The molecule has 1 amide bonds. The van der Waals surface area contributed by atoms with Gasteiger partial charge in [-0.1, -0.05) is 6.92 Å². The van der Waals surface area contributed by atoms with Crippen molar-refractivity contribution in [3.63, 3.8) is 0 Å². The molecule has 0 aliphatic carbocycles. The minimum absolute atomic E-state index is 0.0683. The molecule has 7 heteroatoms. The molecule has 1 heterocycles. The van der Waals surface area contributed by atoms with Gasteiger partial charge >= 0.3 is 0 Å². The van der Waals surface area contributed by atoms with Crippen LogP contribution in [-0.4, -0.2) is 62.5 Å². The molecule has 1 rings (SSSR count). The van der Waals surface area contributed by atoms with E-state index >= 15 is 0 Å². The maximum absolute atomic E-state index is 11.8. The van der Waals surface area contributed by atoms with Gasteiger partial charge in [-0.2, -0.15) is 0 Å². The van der Waals surface area contributed by atoms with Gasteiger partial charge in [0.2, 0.25) is 5.82 Å². The third-order valence-electron chi connectivity index (χ3n) is 2.08. The smallest absolute Gasteiger partial charge is 0.293 e. The summed E-state index contributed by atoms with van der Waals surface area (Å²) in [4.78, 5) is 17.1. The number of aliphatic hydroxyl groups is 2. The van der Waals surface area contributed by atoms with Crippen molar-refractivity contribution in [3.05, 3.63) is 11.6 Å². The van der Waals surface area contributed by atoms with Gasteiger partial charge in [0.05, 0.1) is 13.2 Å². The van der Waals surface area contributed by atoms with Gasteiger partial charge in [0, 0.05) is 19.5 Å². The van der Waals surface area contributed by atoms with Crippen molar-refractivity contribution >= 4 is 5.91 Å². The lowest BCUT2D eigenvalue weighted by Crippen LogP contribution is -2.36. The molecule has 3 N–H and O–H groups in total. The lowest BCUT2D eigenvalue weighted by molar-refractivity contribution is 0.0673. The topological polar surface area (TPSA) is 102 Å². The van der Waals surface area contributed by atoms with Crippen LogP contribution in [0.1, 0.15) is 23.4 Å². The van der Waals surface area contributed by atoms with Gasteiger partial charge < -0.3 is 15.1 Å². The third-order valence-corrected chi connectivity index (χ3v) is 2.08. The maximum atomic E-state index is 11.8. The number of carbonyl (C=O) groups excluding carboxylic acids is 1. The fourth-order valence-corrected chi connectivity index (χ4v) is 1.25. The summed E-state index contributed by atoms with van der Waals surface area (Å²) < 4.78 is 0. The first kappa shape index (κ1) is 12.6. The number of aryl methyl sites for hydroxylation is 1. The van der Waals surface area contributed by atoms with E-state index in [1.165, 1.54) is 4.90 Å². The van der Waals surface area contributed by atoms with Crippen molar-refractivity contribution in [2.75, 3.05) is 26.3 Å². The molecule has 1 aromatic rings. The van der Waals surface area contributed by atoms with Crippen LogP contribution in [0.15, 0.2) is 0 Å². The Labute approximate surface area is 93.1 Å². The summed E-state index contributed by atoms with van der Waals surface area (Å²) in [6.07, 6.45) is 0.667. The number of hydrogen-bond acceptors (Lipinski definition) is 5. The molecule has 0 bridgehead atoms. The maximum Gasteiger partial charge on any atom is 0.293 e. The molecule has 16 heavy (non-hydrogen) atoms. The Kier molecular flexibility index (Phi) is 4.87. The van der Waals surface area contributed by atoms with E-state index in [-0.39, 0.29) is 38.0 Å². The zero-order chi connectivity index (χ0) is 12.0. The van der Waals surface area contributed by atoms with Crippen LogP contribution in [0.3, 0.4) is 0 Å². The fourth-order valence-electron chi connectivity index (χ4n) is 1.25. The van der Waals surface area contributed by atoms with Crippen molar-refractivity contribution in [1.29, 1.82) is 0 Å². The van der Waals surface area contributed by atoms with E-state index < -0.39 is 0 Å². The summed E-state index contributed by atoms with van der Waals surface area (Å²) in [6.45, 7) is 1.91. The summed E-state index contributed by atoms with van der Waals surface area (Å²) in [5.41, 5.74) is 0. The number of hydrogen-bond donors (Lipinski definition) is 3. The normalized spacial score (nSPS) is 10.4. The molecule has 0 spiro atoms. The molecule has 0 aliphatic heterocycles. The lowest BCUT2D eigenvalue weighted by Gasteiger charge is -2.18. The van der Waals surface area contributed by atoms with E-state index in [9.17, 15) is 4.79 Å². The van der Waals surface area contributed by atoms with Gasteiger partial charge in [0.25, 0.3) is 5.91 Å². The Balaban J connectivity index is 2.72. The van der Waals surface area contributed by atoms with Crippen LogP contribution in [0, 0.1) is 0 Å². The molecule has 0 aliphatic rings. The van der Waals surface area contributed by atoms with Gasteiger partial charge in [-0.3, -0.25) is 9.89 Å². The lowest BCUT2D eigenvalue weighted by atomic mass is 10.4. The Morgan fingerprint density at radius 1 is 1.38 bits per heavy atom. The molecule has 0 atom stereocenters. The van der Waals surface area contributed by atoms with E-state index in [0.29, 0.717) is 12.2 Å². The van der Waals surface area contributed by atoms with Crippen LogP contribution >= 0.6 is 0 Å². The van der Waals surface area contributed by atoms with Gasteiger partial charge in [-0.15, -0.1) is 5.10 Å². The van der Waals surface area contributed by atoms with Crippen molar-refractivity contribution in [3.8, 4) is 0 Å². The number of nitrogens with zero attached hydrogens (tertiary/aromatic N) is 3. The van der Waals surface area contributed by atoms with Gasteiger partial charge in [0.15, 0.2) is 0 Å². The van der Waals surface area contributed by atoms with Crippen molar-refractivity contribution in [1.82, 2.24) is 20.1 Å². The molecule has 0 radical (unpaired) electrons. The molecule has 0 saturated carbocycles. The van der Waals surface area contributed by atoms with Crippen LogP contribution < -0.4 is 0 Å². The number of aromatic nitrogens is 3. The molecular formula is C9H16N4O3. The summed E-state index contributed by atoms with van der Waals surface area (Å²) >= 11 is 0. The SMILES string of the molecule is CCc1nc(C(=O)N(CCO)CCO)n[nH]1. The molecular weight excluding hydrogens is 212 g/mol. The first-order chi connectivity index (χ1) is 7.72. The molecule has 0 saturated heterocycles. The number of nitrogens with one attached hydrogen (secondary N) is 1. The molecule has 1 aromatic heterocycles. The Hall–Kier alpha value is -1.47. The summed E-state index contributed by atoms with van der Waals surface area (Å²) in [6, 6.07) is 0. The van der Waals surface area contributed by atoms with Crippen LogP contribution in [0.4, 0.5) is 0 Å². The highest BCUT2D eigenvalue weighted by molar-refractivity contribution is 5.90. The number of aromatic amines is 1. The predicted molar refractivity (Wildman–Crippen MR) is 55.8 cm³/mol. The summed E-state index contributed by atoms with van der Waals surface area (Å²) in [7, 11) is 0. The average molecular weight is 228 g/mol. The van der Waals surface area contributed by atoms with Crippen molar-refractivity contribution in [2.24, 2.45) is 0 Å². The van der Waals surface area contributed by atoms with E-state index in [0.717, 1.165) is 0 Å². The van der Waals surface area contributed by atoms with Crippen molar-refractivity contribution in [2.45, 2.75) is 13.3 Å². The van der Waals surface area contributed by atoms with Gasteiger partial charge in [-0.25, -0.2) is 4.98 Å². The second kappa shape index (κ2) is 6.19. The van der Waals surface area contributed by atoms with E-state index in [1.807, 2.05) is 6.92 Å². The van der Waals surface area contributed by atoms with E-state index in [1.54, 1.807) is 0 Å². The van der Waals surface area contributed by atoms with Crippen LogP contribution in [-0.2, 0) is 6.42 Å². The van der Waals surface area contributed by atoms with Crippen LogP contribution in [0.5, 0.6) is 0 Å². The Morgan fingerprint density at radius 3 is 2.44 bits per heavy atom. The monoisotopic (exact) mass is 228 g/mol. The van der Waals surface area contributed by atoms with Crippen molar-refractivity contribution < 1.29 is 15.0 Å². The highest BCUT2D eigenvalue weighted by atomic mass is 16.3. The number of rotatable bonds is 6. The standard InChI is InChI=1S/C9H16N4O3/c1-2-7-10-8(12-11-7)9(16)13(3-5-14)4-6-15/h14-15H,2-6H2,1H3,(H,10,11,12).